The van der Waals surface area contributed by atoms with Gasteiger partial charge in [-0.25, -0.2) is 0 Å². The van der Waals surface area contributed by atoms with E-state index in [9.17, 15) is 14.4 Å². The minimum Gasteiger partial charge on any atom is -0.469 e. The van der Waals surface area contributed by atoms with E-state index in [1.54, 1.807) is 17.9 Å². The maximum atomic E-state index is 12.8. The van der Waals surface area contributed by atoms with Crippen molar-refractivity contribution < 1.29 is 18.8 Å². The van der Waals surface area contributed by atoms with Crippen LogP contribution in [0.25, 0.3) is 0 Å². The Morgan fingerprint density at radius 2 is 1.80 bits per heavy atom. The van der Waals surface area contributed by atoms with Crippen LogP contribution in [0, 0.1) is 18.8 Å². The highest BCUT2D eigenvalue weighted by molar-refractivity contribution is 5.95. The van der Waals surface area contributed by atoms with E-state index in [4.69, 9.17) is 10.2 Å². The first-order valence-electron chi connectivity index (χ1n) is 8.89. The van der Waals surface area contributed by atoms with Crippen LogP contribution in [0.5, 0.6) is 0 Å². The summed E-state index contributed by atoms with van der Waals surface area (Å²) < 4.78 is 5.21. The number of hydrogen-bond acceptors (Lipinski definition) is 4. The first kappa shape index (κ1) is 17.5. The van der Waals surface area contributed by atoms with E-state index in [0.717, 1.165) is 12.8 Å². The summed E-state index contributed by atoms with van der Waals surface area (Å²) in [5.41, 5.74) is 5.91. The molecule has 2 N–H and O–H groups in total. The molecule has 25 heavy (non-hydrogen) atoms. The number of amides is 3. The van der Waals surface area contributed by atoms with Crippen LogP contribution in [-0.2, 0) is 9.59 Å². The molecular weight excluding hydrogens is 322 g/mol. The SMILES string of the molecule is Cc1occc1C(=O)N1CCCC(C(=O)N2CCC(C(N)=O)CC2)C1. The van der Waals surface area contributed by atoms with E-state index in [1.165, 1.54) is 6.26 Å². The molecular formula is C18H25N3O4. The molecule has 3 rings (SSSR count). The Balaban J connectivity index is 1.60. The highest BCUT2D eigenvalue weighted by atomic mass is 16.3. The molecule has 7 heteroatoms. The Hall–Kier alpha value is -2.31. The number of piperidine rings is 2. The molecule has 0 spiro atoms. The lowest BCUT2D eigenvalue weighted by atomic mass is 9.92. The predicted molar refractivity (Wildman–Crippen MR) is 90.6 cm³/mol. The molecule has 2 fully saturated rings. The molecule has 1 unspecified atom stereocenters. The molecule has 1 aromatic rings. The van der Waals surface area contributed by atoms with E-state index in [2.05, 4.69) is 0 Å². The summed E-state index contributed by atoms with van der Waals surface area (Å²) in [6.07, 6.45) is 4.38. The second kappa shape index (κ2) is 7.29. The molecule has 1 atom stereocenters. The minimum atomic E-state index is -0.281. The summed E-state index contributed by atoms with van der Waals surface area (Å²) in [6.45, 7) is 4.01. The van der Waals surface area contributed by atoms with Crippen LogP contribution in [0.3, 0.4) is 0 Å². The lowest BCUT2D eigenvalue weighted by Gasteiger charge is -2.37. The molecule has 2 saturated heterocycles. The van der Waals surface area contributed by atoms with Crippen molar-refractivity contribution in [2.75, 3.05) is 26.2 Å². The molecule has 0 aromatic carbocycles. The number of carbonyl (C=O) groups is 3. The number of nitrogens with zero attached hydrogens (tertiary/aromatic N) is 2. The van der Waals surface area contributed by atoms with E-state index in [0.29, 0.717) is 50.3 Å². The van der Waals surface area contributed by atoms with Gasteiger partial charge in [0.25, 0.3) is 5.91 Å². The van der Waals surface area contributed by atoms with Gasteiger partial charge < -0.3 is 20.0 Å². The van der Waals surface area contributed by atoms with Crippen molar-refractivity contribution in [3.63, 3.8) is 0 Å². The molecule has 0 aliphatic carbocycles. The van der Waals surface area contributed by atoms with Gasteiger partial charge in [-0.05, 0) is 38.7 Å². The van der Waals surface area contributed by atoms with Crippen LogP contribution in [0.2, 0.25) is 0 Å². The average molecular weight is 347 g/mol. The Bertz CT molecular complexity index is 661. The average Bonchev–Trinajstić information content (AvgIpc) is 3.06. The van der Waals surface area contributed by atoms with Crippen LogP contribution < -0.4 is 5.73 Å². The Morgan fingerprint density at radius 3 is 2.40 bits per heavy atom. The number of nitrogens with two attached hydrogens (primary N) is 1. The largest absolute Gasteiger partial charge is 0.469 e. The second-order valence-electron chi connectivity index (χ2n) is 6.98. The molecule has 2 aliphatic heterocycles. The predicted octanol–water partition coefficient (Wildman–Crippen LogP) is 1.16. The molecule has 3 heterocycles. The Labute approximate surface area is 147 Å². The number of carbonyl (C=O) groups excluding carboxylic acids is 3. The van der Waals surface area contributed by atoms with Crippen LogP contribution in [0.1, 0.15) is 41.8 Å². The Kier molecular flexibility index (Phi) is 5.11. The topological polar surface area (TPSA) is 96.8 Å². The van der Waals surface area contributed by atoms with Crippen molar-refractivity contribution in [2.45, 2.75) is 32.6 Å². The van der Waals surface area contributed by atoms with Crippen molar-refractivity contribution in [3.8, 4) is 0 Å². The fourth-order valence-electron chi connectivity index (χ4n) is 3.78. The third kappa shape index (κ3) is 3.70. The van der Waals surface area contributed by atoms with Gasteiger partial charge in [0, 0.05) is 32.1 Å². The molecule has 0 saturated carbocycles. The van der Waals surface area contributed by atoms with Gasteiger partial charge in [0.1, 0.15) is 5.76 Å². The van der Waals surface area contributed by atoms with Gasteiger partial charge in [0.05, 0.1) is 17.7 Å². The number of furan rings is 1. The van der Waals surface area contributed by atoms with Crippen molar-refractivity contribution in [2.24, 2.45) is 17.6 Å². The van der Waals surface area contributed by atoms with E-state index < -0.39 is 0 Å². The normalized spacial score (nSPS) is 22.0. The summed E-state index contributed by atoms with van der Waals surface area (Å²) in [6, 6.07) is 1.68. The number of aryl methyl sites for hydroxylation is 1. The standard InChI is InChI=1S/C18H25N3O4/c1-12-15(6-10-25-12)18(24)21-7-2-3-14(11-21)17(23)20-8-4-13(5-9-20)16(19)22/h6,10,13-14H,2-5,7-9,11H2,1H3,(H2,19,22). The van der Waals surface area contributed by atoms with Crippen molar-refractivity contribution >= 4 is 17.7 Å². The minimum absolute atomic E-state index is 0.0730. The smallest absolute Gasteiger partial charge is 0.257 e. The molecule has 136 valence electrons. The second-order valence-corrected chi connectivity index (χ2v) is 6.98. The zero-order chi connectivity index (χ0) is 18.0. The summed E-state index contributed by atoms with van der Waals surface area (Å²) in [5, 5.41) is 0. The van der Waals surface area contributed by atoms with Gasteiger partial charge in [-0.1, -0.05) is 0 Å². The van der Waals surface area contributed by atoms with Crippen molar-refractivity contribution in [1.29, 1.82) is 0 Å². The van der Waals surface area contributed by atoms with Crippen molar-refractivity contribution in [3.05, 3.63) is 23.7 Å². The quantitative estimate of drug-likeness (QED) is 0.887. The zero-order valence-corrected chi connectivity index (χ0v) is 14.6. The van der Waals surface area contributed by atoms with E-state index in [-0.39, 0.29) is 29.6 Å². The maximum Gasteiger partial charge on any atom is 0.257 e. The van der Waals surface area contributed by atoms with Gasteiger partial charge in [-0.3, -0.25) is 14.4 Å². The van der Waals surface area contributed by atoms with Crippen molar-refractivity contribution in [1.82, 2.24) is 9.80 Å². The lowest BCUT2D eigenvalue weighted by Crippen LogP contribution is -2.49. The molecule has 1 aromatic heterocycles. The molecule has 7 nitrogen and oxygen atoms in total. The first-order valence-corrected chi connectivity index (χ1v) is 8.89. The fraction of sp³-hybridized carbons (Fsp3) is 0.611. The van der Waals surface area contributed by atoms with Gasteiger partial charge in [0.2, 0.25) is 11.8 Å². The summed E-state index contributed by atoms with van der Waals surface area (Å²) in [7, 11) is 0. The van der Waals surface area contributed by atoms with Crippen LogP contribution >= 0.6 is 0 Å². The van der Waals surface area contributed by atoms with E-state index in [1.807, 2.05) is 4.90 Å². The molecule has 0 bridgehead atoms. The van der Waals surface area contributed by atoms with E-state index >= 15 is 0 Å². The number of rotatable bonds is 3. The monoisotopic (exact) mass is 347 g/mol. The molecule has 0 radical (unpaired) electrons. The van der Waals surface area contributed by atoms with Crippen LogP contribution in [0.4, 0.5) is 0 Å². The third-order valence-corrected chi connectivity index (χ3v) is 5.36. The summed E-state index contributed by atoms with van der Waals surface area (Å²) >= 11 is 0. The van der Waals surface area contributed by atoms with Gasteiger partial charge in [-0.2, -0.15) is 0 Å². The summed E-state index contributed by atoms with van der Waals surface area (Å²) in [4.78, 5) is 40.3. The summed E-state index contributed by atoms with van der Waals surface area (Å²) in [5.74, 6) is 0.0390. The fourth-order valence-corrected chi connectivity index (χ4v) is 3.78. The zero-order valence-electron chi connectivity index (χ0n) is 14.6. The van der Waals surface area contributed by atoms with Gasteiger partial charge >= 0.3 is 0 Å². The number of primary amides is 1. The Morgan fingerprint density at radius 1 is 1.08 bits per heavy atom. The van der Waals surface area contributed by atoms with Crippen LogP contribution in [0.15, 0.2) is 16.7 Å². The highest BCUT2D eigenvalue weighted by Gasteiger charge is 2.34. The van der Waals surface area contributed by atoms with Gasteiger partial charge in [0.15, 0.2) is 0 Å². The van der Waals surface area contributed by atoms with Crippen LogP contribution in [-0.4, -0.2) is 53.7 Å². The number of hydrogen-bond donors (Lipinski definition) is 1. The van der Waals surface area contributed by atoms with Gasteiger partial charge in [-0.15, -0.1) is 0 Å². The molecule has 3 amide bonds. The maximum absolute atomic E-state index is 12.8. The number of likely N-dealkylation sites (tertiary alicyclic amines) is 2. The lowest BCUT2D eigenvalue weighted by molar-refractivity contribution is -0.139. The first-order chi connectivity index (χ1) is 12.0. The molecule has 2 aliphatic rings. The highest BCUT2D eigenvalue weighted by Crippen LogP contribution is 2.24. The third-order valence-electron chi connectivity index (χ3n) is 5.36.